The number of aromatic amines is 1. The normalized spacial score (nSPS) is 10.4. The number of hydrogen-bond donors (Lipinski definition) is 1. The standard InChI is InChI=1S/C4H2N4OS/c9-4-5-1-2-3(6-4)10-8-7-2/h1H,(H,5,6,9). The summed E-state index contributed by atoms with van der Waals surface area (Å²) in [7, 11) is 0. The maximum absolute atomic E-state index is 10.6. The second-order valence-corrected chi connectivity index (χ2v) is 2.43. The van der Waals surface area contributed by atoms with Gasteiger partial charge < -0.3 is 0 Å². The van der Waals surface area contributed by atoms with Gasteiger partial charge in [-0.05, 0) is 0 Å². The molecule has 0 atom stereocenters. The summed E-state index contributed by atoms with van der Waals surface area (Å²) in [6.45, 7) is 0. The van der Waals surface area contributed by atoms with E-state index < -0.39 is 0 Å². The van der Waals surface area contributed by atoms with Gasteiger partial charge in [-0.2, -0.15) is 4.98 Å². The highest BCUT2D eigenvalue weighted by molar-refractivity contribution is 7.12. The van der Waals surface area contributed by atoms with E-state index in [1.54, 1.807) is 0 Å². The number of fused-ring (bicyclic) bond motifs is 1. The van der Waals surface area contributed by atoms with Gasteiger partial charge in [-0.15, -0.1) is 5.10 Å². The van der Waals surface area contributed by atoms with Crippen LogP contribution in [0.3, 0.4) is 0 Å². The molecular weight excluding hydrogens is 152 g/mol. The van der Waals surface area contributed by atoms with Gasteiger partial charge in [0, 0.05) is 11.5 Å². The predicted octanol–water partition coefficient (Wildman–Crippen LogP) is -0.225. The van der Waals surface area contributed by atoms with E-state index in [2.05, 4.69) is 19.6 Å². The van der Waals surface area contributed by atoms with Gasteiger partial charge in [-0.3, -0.25) is 4.98 Å². The molecule has 0 bridgehead atoms. The minimum Gasteiger partial charge on any atom is -0.294 e. The van der Waals surface area contributed by atoms with Crippen LogP contribution in [0.25, 0.3) is 10.3 Å². The highest BCUT2D eigenvalue weighted by Gasteiger charge is 1.96. The molecule has 2 rings (SSSR count). The van der Waals surface area contributed by atoms with Gasteiger partial charge >= 0.3 is 5.69 Å². The maximum Gasteiger partial charge on any atom is 0.346 e. The Morgan fingerprint density at radius 3 is 3.40 bits per heavy atom. The highest BCUT2D eigenvalue weighted by Crippen LogP contribution is 2.06. The van der Waals surface area contributed by atoms with Crippen LogP contribution in [0.2, 0.25) is 0 Å². The molecule has 0 radical (unpaired) electrons. The molecule has 0 fully saturated rings. The van der Waals surface area contributed by atoms with Crippen molar-refractivity contribution in [2.45, 2.75) is 0 Å². The van der Waals surface area contributed by atoms with Gasteiger partial charge in [0.25, 0.3) is 0 Å². The highest BCUT2D eigenvalue weighted by atomic mass is 32.1. The molecule has 2 aromatic heterocycles. The first-order valence-electron chi connectivity index (χ1n) is 2.53. The molecule has 2 aromatic rings. The lowest BCUT2D eigenvalue weighted by Gasteiger charge is -1.79. The molecule has 0 saturated carbocycles. The number of hydrogen-bond acceptors (Lipinski definition) is 5. The monoisotopic (exact) mass is 154 g/mol. The van der Waals surface area contributed by atoms with E-state index in [9.17, 15) is 4.79 Å². The second kappa shape index (κ2) is 1.84. The summed E-state index contributed by atoms with van der Waals surface area (Å²) < 4.78 is 3.62. The first-order chi connectivity index (χ1) is 4.86. The molecule has 0 aliphatic carbocycles. The zero-order valence-electron chi connectivity index (χ0n) is 4.74. The van der Waals surface area contributed by atoms with Crippen LogP contribution in [-0.4, -0.2) is 19.6 Å². The Labute approximate surface area is 58.9 Å². The molecular formula is C4H2N4OS. The summed E-state index contributed by atoms with van der Waals surface area (Å²) >= 11 is 1.14. The molecule has 6 heteroatoms. The third-order valence-corrected chi connectivity index (χ3v) is 1.69. The van der Waals surface area contributed by atoms with Crippen molar-refractivity contribution in [2.24, 2.45) is 0 Å². The minimum absolute atomic E-state index is 0.362. The van der Waals surface area contributed by atoms with Crippen molar-refractivity contribution in [3.8, 4) is 0 Å². The maximum atomic E-state index is 10.6. The Bertz CT molecular complexity index is 405. The Balaban J connectivity index is 2.99. The van der Waals surface area contributed by atoms with Crippen LogP contribution in [0, 0.1) is 0 Å². The van der Waals surface area contributed by atoms with Crippen molar-refractivity contribution in [3.63, 3.8) is 0 Å². The van der Waals surface area contributed by atoms with Crippen LogP contribution in [-0.2, 0) is 0 Å². The topological polar surface area (TPSA) is 71.5 Å². The van der Waals surface area contributed by atoms with Crippen LogP contribution >= 0.6 is 11.5 Å². The largest absolute Gasteiger partial charge is 0.346 e. The summed E-state index contributed by atoms with van der Waals surface area (Å²) in [6.07, 6.45) is 1.40. The van der Waals surface area contributed by atoms with Gasteiger partial charge in [0.15, 0.2) is 0 Å². The van der Waals surface area contributed by atoms with E-state index in [0.717, 1.165) is 11.5 Å². The summed E-state index contributed by atoms with van der Waals surface area (Å²) in [5, 5.41) is 3.70. The molecule has 50 valence electrons. The number of aromatic nitrogens is 4. The summed E-state index contributed by atoms with van der Waals surface area (Å²) in [5.74, 6) is 0. The molecule has 10 heavy (non-hydrogen) atoms. The zero-order valence-corrected chi connectivity index (χ0v) is 5.55. The number of H-pyrrole nitrogens is 1. The predicted molar refractivity (Wildman–Crippen MR) is 35.8 cm³/mol. The van der Waals surface area contributed by atoms with E-state index in [-0.39, 0.29) is 5.69 Å². The molecule has 0 saturated heterocycles. The van der Waals surface area contributed by atoms with Crippen LogP contribution < -0.4 is 5.69 Å². The van der Waals surface area contributed by atoms with Crippen LogP contribution in [0.15, 0.2) is 11.0 Å². The number of nitrogens with zero attached hydrogens (tertiary/aromatic N) is 3. The molecule has 0 spiro atoms. The second-order valence-electron chi connectivity index (χ2n) is 1.68. The Hall–Kier alpha value is -1.30. The molecule has 0 unspecified atom stereocenters. The lowest BCUT2D eigenvalue weighted by Crippen LogP contribution is -2.07. The molecule has 0 aliphatic heterocycles. The Morgan fingerprint density at radius 2 is 2.50 bits per heavy atom. The molecule has 0 aromatic carbocycles. The first kappa shape index (κ1) is 5.48. The van der Waals surface area contributed by atoms with Crippen molar-refractivity contribution < 1.29 is 0 Å². The van der Waals surface area contributed by atoms with Crippen molar-refractivity contribution in [1.82, 2.24) is 19.6 Å². The van der Waals surface area contributed by atoms with E-state index in [1.165, 1.54) is 6.20 Å². The molecule has 0 aliphatic rings. The lowest BCUT2D eigenvalue weighted by atomic mass is 10.6. The Morgan fingerprint density at radius 1 is 1.60 bits per heavy atom. The van der Waals surface area contributed by atoms with Crippen LogP contribution in [0.5, 0.6) is 0 Å². The van der Waals surface area contributed by atoms with Gasteiger partial charge in [0.2, 0.25) is 0 Å². The lowest BCUT2D eigenvalue weighted by molar-refractivity contribution is 1.11. The minimum atomic E-state index is -0.362. The number of nitrogens with one attached hydrogen (secondary N) is 1. The van der Waals surface area contributed by atoms with Crippen LogP contribution in [0.1, 0.15) is 0 Å². The van der Waals surface area contributed by atoms with Crippen molar-refractivity contribution >= 4 is 21.9 Å². The average Bonchev–Trinajstić information content (AvgIpc) is 2.33. The van der Waals surface area contributed by atoms with E-state index in [0.29, 0.717) is 10.3 Å². The molecule has 2 heterocycles. The van der Waals surface area contributed by atoms with Crippen molar-refractivity contribution in [3.05, 3.63) is 16.7 Å². The first-order valence-corrected chi connectivity index (χ1v) is 3.31. The zero-order chi connectivity index (χ0) is 6.97. The number of rotatable bonds is 0. The van der Waals surface area contributed by atoms with Gasteiger partial charge in [-0.1, -0.05) is 4.49 Å². The van der Waals surface area contributed by atoms with Gasteiger partial charge in [0.05, 0.1) is 6.20 Å². The summed E-state index contributed by atoms with van der Waals surface area (Å²) in [5.41, 5.74) is 0.267. The fourth-order valence-electron chi connectivity index (χ4n) is 0.618. The third kappa shape index (κ3) is 0.695. The van der Waals surface area contributed by atoms with E-state index in [4.69, 9.17) is 0 Å². The quantitative estimate of drug-likeness (QED) is 0.569. The average molecular weight is 154 g/mol. The summed E-state index contributed by atoms with van der Waals surface area (Å²) in [4.78, 5) is 17.2. The fraction of sp³-hybridized carbons (Fsp3) is 0. The van der Waals surface area contributed by atoms with Gasteiger partial charge in [0.1, 0.15) is 10.3 Å². The molecule has 1 N–H and O–H groups in total. The molecule has 0 amide bonds. The van der Waals surface area contributed by atoms with E-state index in [1.807, 2.05) is 0 Å². The summed E-state index contributed by atoms with van der Waals surface area (Å²) in [6, 6.07) is 0. The third-order valence-electron chi connectivity index (χ3n) is 1.04. The molecule has 5 nitrogen and oxygen atoms in total. The smallest absolute Gasteiger partial charge is 0.294 e. The SMILES string of the molecule is O=c1ncc2nnsc2[nH]1. The Kier molecular flexibility index (Phi) is 1.01. The van der Waals surface area contributed by atoms with Crippen molar-refractivity contribution in [2.75, 3.05) is 0 Å². The van der Waals surface area contributed by atoms with Crippen molar-refractivity contribution in [1.29, 1.82) is 0 Å². The fourth-order valence-corrected chi connectivity index (χ4v) is 1.15. The van der Waals surface area contributed by atoms with Crippen LogP contribution in [0.4, 0.5) is 0 Å². The van der Waals surface area contributed by atoms with E-state index >= 15 is 0 Å². The van der Waals surface area contributed by atoms with Gasteiger partial charge in [-0.25, -0.2) is 4.79 Å².